The van der Waals surface area contributed by atoms with E-state index in [9.17, 15) is 4.79 Å². The summed E-state index contributed by atoms with van der Waals surface area (Å²) in [5.74, 6) is 2.74. The van der Waals surface area contributed by atoms with Gasteiger partial charge in [0.1, 0.15) is 5.78 Å². The van der Waals surface area contributed by atoms with Crippen molar-refractivity contribution >= 4 is 14.1 Å². The molecule has 3 saturated carbocycles. The van der Waals surface area contributed by atoms with Crippen LogP contribution in [0.15, 0.2) is 11.6 Å². The van der Waals surface area contributed by atoms with Crippen LogP contribution in [0.1, 0.15) is 65.2 Å². The molecule has 0 radical (unpaired) electrons. The van der Waals surface area contributed by atoms with Gasteiger partial charge in [-0.3, -0.25) is 4.79 Å². The van der Waals surface area contributed by atoms with Crippen molar-refractivity contribution in [2.24, 2.45) is 28.6 Å². The summed E-state index contributed by atoms with van der Waals surface area (Å²) in [6.07, 6.45) is 12.3. The Morgan fingerprint density at radius 3 is 2.44 bits per heavy atom. The van der Waals surface area contributed by atoms with Gasteiger partial charge in [-0.05, 0) is 87.8 Å². The zero-order chi connectivity index (χ0) is 18.0. The summed E-state index contributed by atoms with van der Waals surface area (Å²) in [4.78, 5) is 12.5. The van der Waals surface area contributed by atoms with Crippen molar-refractivity contribution in [1.29, 1.82) is 0 Å². The summed E-state index contributed by atoms with van der Waals surface area (Å²) in [5.41, 5.74) is 2.06. The minimum atomic E-state index is -1.46. The van der Waals surface area contributed by atoms with Crippen molar-refractivity contribution in [3.05, 3.63) is 11.6 Å². The third-order valence-electron chi connectivity index (χ3n) is 8.29. The zero-order valence-electron chi connectivity index (χ0n) is 16.9. The van der Waals surface area contributed by atoms with Gasteiger partial charge in [0.25, 0.3) is 0 Å². The Bertz CT molecular complexity index is 604. The maximum atomic E-state index is 12.5. The second kappa shape index (κ2) is 5.79. The molecule has 25 heavy (non-hydrogen) atoms. The molecule has 140 valence electrons. The highest BCUT2D eigenvalue weighted by Crippen LogP contribution is 2.64. The Balaban J connectivity index is 1.57. The highest BCUT2D eigenvalue weighted by molar-refractivity contribution is 6.69. The predicted molar refractivity (Wildman–Crippen MR) is 105 cm³/mol. The fourth-order valence-electron chi connectivity index (χ4n) is 7.00. The molecule has 0 aromatic heterocycles. The van der Waals surface area contributed by atoms with Gasteiger partial charge < -0.3 is 4.43 Å². The van der Waals surface area contributed by atoms with Crippen molar-refractivity contribution in [2.45, 2.75) is 91.0 Å². The summed E-state index contributed by atoms with van der Waals surface area (Å²) in [7, 11) is -1.46. The number of ketones is 1. The average Bonchev–Trinajstić information content (AvgIpc) is 2.82. The number of fused-ring (bicyclic) bond motifs is 5. The second-order valence-corrected chi connectivity index (χ2v) is 15.2. The third-order valence-corrected chi connectivity index (χ3v) is 9.33. The maximum absolute atomic E-state index is 12.5. The van der Waals surface area contributed by atoms with E-state index in [0.29, 0.717) is 23.2 Å². The van der Waals surface area contributed by atoms with Crippen LogP contribution in [0.2, 0.25) is 19.6 Å². The molecule has 6 atom stereocenters. The van der Waals surface area contributed by atoms with Gasteiger partial charge in [0.2, 0.25) is 0 Å². The minimum Gasteiger partial charge on any atom is -0.414 e. The Kier molecular flexibility index (Phi) is 4.16. The zero-order valence-corrected chi connectivity index (χ0v) is 17.9. The van der Waals surface area contributed by atoms with Gasteiger partial charge in [-0.2, -0.15) is 0 Å². The van der Waals surface area contributed by atoms with Gasteiger partial charge in [-0.25, -0.2) is 0 Å². The van der Waals surface area contributed by atoms with Gasteiger partial charge in [0.15, 0.2) is 8.32 Å². The van der Waals surface area contributed by atoms with Crippen molar-refractivity contribution in [3.8, 4) is 0 Å². The fraction of sp³-hybridized carbons (Fsp3) is 0.864. The third kappa shape index (κ3) is 2.81. The number of carbonyl (C=O) groups excluding carboxylic acids is 1. The average molecular weight is 361 g/mol. The molecule has 0 bridgehead atoms. The van der Waals surface area contributed by atoms with E-state index < -0.39 is 8.32 Å². The smallest absolute Gasteiger partial charge is 0.184 e. The summed E-state index contributed by atoms with van der Waals surface area (Å²) in [6.45, 7) is 11.8. The van der Waals surface area contributed by atoms with Crippen LogP contribution in [-0.4, -0.2) is 20.2 Å². The predicted octanol–water partition coefficient (Wildman–Crippen LogP) is 5.74. The van der Waals surface area contributed by atoms with Crippen LogP contribution in [-0.2, 0) is 9.22 Å². The summed E-state index contributed by atoms with van der Waals surface area (Å²) >= 11 is 0. The summed E-state index contributed by atoms with van der Waals surface area (Å²) in [6, 6.07) is 0. The number of rotatable bonds is 2. The lowest BCUT2D eigenvalue weighted by Gasteiger charge is -2.57. The molecular formula is C22H36O2Si. The van der Waals surface area contributed by atoms with E-state index in [2.05, 4.69) is 39.6 Å². The first-order chi connectivity index (χ1) is 11.6. The summed E-state index contributed by atoms with van der Waals surface area (Å²) in [5, 5.41) is 0. The van der Waals surface area contributed by atoms with E-state index in [0.717, 1.165) is 37.5 Å². The molecule has 4 rings (SSSR count). The highest BCUT2D eigenvalue weighted by atomic mass is 28.4. The Labute approximate surface area is 154 Å². The van der Waals surface area contributed by atoms with E-state index in [-0.39, 0.29) is 5.41 Å². The van der Waals surface area contributed by atoms with E-state index in [1.807, 2.05) is 0 Å². The maximum Gasteiger partial charge on any atom is 0.184 e. The van der Waals surface area contributed by atoms with E-state index in [1.54, 1.807) is 5.57 Å². The van der Waals surface area contributed by atoms with Crippen LogP contribution in [0.4, 0.5) is 0 Å². The fourth-order valence-corrected chi connectivity index (χ4v) is 8.20. The van der Waals surface area contributed by atoms with E-state index >= 15 is 0 Å². The normalized spacial score (nSPS) is 46.9. The van der Waals surface area contributed by atoms with Crippen LogP contribution in [0, 0.1) is 28.6 Å². The molecule has 4 aliphatic carbocycles. The quantitative estimate of drug-likeness (QED) is 0.464. The van der Waals surface area contributed by atoms with Crippen LogP contribution in [0.25, 0.3) is 0 Å². The second-order valence-electron chi connectivity index (χ2n) is 10.8. The first-order valence-corrected chi connectivity index (χ1v) is 13.9. The molecule has 0 spiro atoms. The molecule has 0 aromatic rings. The standard InChI is InChI=1S/C22H36O2Si/c1-21-12-10-16(24-25(3,4)5)14-15(21)6-7-17-18-8-9-20(23)22(18,2)13-11-19(17)21/h6,16-19H,7-14H2,1-5H3/t16?,17-,18-,19+,21-,22-/m0/s1. The van der Waals surface area contributed by atoms with Gasteiger partial charge in [0, 0.05) is 17.9 Å². The molecule has 4 aliphatic rings. The Morgan fingerprint density at radius 1 is 1.04 bits per heavy atom. The monoisotopic (exact) mass is 360 g/mol. The van der Waals surface area contributed by atoms with Gasteiger partial charge in [0.05, 0.1) is 0 Å². The van der Waals surface area contributed by atoms with Crippen molar-refractivity contribution < 1.29 is 9.22 Å². The first kappa shape index (κ1) is 18.0. The minimum absolute atomic E-state index is 0.00101. The number of allylic oxidation sites excluding steroid dienone is 1. The van der Waals surface area contributed by atoms with Crippen molar-refractivity contribution in [2.75, 3.05) is 0 Å². The van der Waals surface area contributed by atoms with Crippen LogP contribution in [0.5, 0.6) is 0 Å². The first-order valence-electron chi connectivity index (χ1n) is 10.5. The molecule has 3 fully saturated rings. The number of hydrogen-bond acceptors (Lipinski definition) is 2. The number of hydrogen-bond donors (Lipinski definition) is 0. The SMILES string of the molecule is C[C@]12CCC(O[Si](C)(C)C)CC1=CC[C@@H]1[C@H]2CC[C@]2(C)C(=O)CC[C@@H]12. The lowest BCUT2D eigenvalue weighted by Crippen LogP contribution is -2.51. The number of carbonyl (C=O) groups is 1. The topological polar surface area (TPSA) is 26.3 Å². The lowest BCUT2D eigenvalue weighted by atomic mass is 9.48. The Morgan fingerprint density at radius 2 is 1.72 bits per heavy atom. The molecule has 3 heteroatoms. The molecule has 0 aliphatic heterocycles. The van der Waals surface area contributed by atoms with E-state index in [4.69, 9.17) is 4.43 Å². The van der Waals surface area contributed by atoms with Crippen LogP contribution in [0.3, 0.4) is 0 Å². The van der Waals surface area contributed by atoms with E-state index in [1.165, 1.54) is 25.7 Å². The van der Waals surface area contributed by atoms with Crippen LogP contribution < -0.4 is 0 Å². The molecule has 0 N–H and O–H groups in total. The molecule has 2 nitrogen and oxygen atoms in total. The van der Waals surface area contributed by atoms with Crippen molar-refractivity contribution in [3.63, 3.8) is 0 Å². The highest BCUT2D eigenvalue weighted by Gasteiger charge is 2.58. The van der Waals surface area contributed by atoms with Gasteiger partial charge >= 0.3 is 0 Å². The molecular weight excluding hydrogens is 324 g/mol. The molecule has 0 heterocycles. The molecule has 0 aromatic carbocycles. The number of Topliss-reactive ketones (excluding diaryl/α,β-unsaturated/α-hetero) is 1. The molecule has 1 unspecified atom stereocenters. The summed E-state index contributed by atoms with van der Waals surface area (Å²) < 4.78 is 6.46. The van der Waals surface area contributed by atoms with Crippen molar-refractivity contribution in [1.82, 2.24) is 0 Å². The van der Waals surface area contributed by atoms with Gasteiger partial charge in [-0.15, -0.1) is 0 Å². The molecule has 0 saturated heterocycles. The largest absolute Gasteiger partial charge is 0.414 e. The Hall–Kier alpha value is -0.413. The lowest BCUT2D eigenvalue weighted by molar-refractivity contribution is -0.131. The van der Waals surface area contributed by atoms with Gasteiger partial charge in [-0.1, -0.05) is 25.5 Å². The molecule has 0 amide bonds. The van der Waals surface area contributed by atoms with Crippen LogP contribution >= 0.6 is 0 Å².